The van der Waals surface area contributed by atoms with E-state index in [1.165, 1.54) is 0 Å². The number of hydrogen-bond donors (Lipinski definition) is 2. The van der Waals surface area contributed by atoms with E-state index in [0.29, 0.717) is 5.95 Å². The second-order valence-corrected chi connectivity index (χ2v) is 6.44. The molecule has 0 atom stereocenters. The molecule has 0 saturated carbocycles. The van der Waals surface area contributed by atoms with Crippen LogP contribution in [-0.4, -0.2) is 9.97 Å². The first kappa shape index (κ1) is 16.5. The van der Waals surface area contributed by atoms with E-state index in [2.05, 4.69) is 38.8 Å². The Morgan fingerprint density at radius 3 is 2.58 bits per heavy atom. The molecule has 4 nitrogen and oxygen atoms in total. The van der Waals surface area contributed by atoms with Crippen LogP contribution in [-0.2, 0) is 0 Å². The van der Waals surface area contributed by atoms with Crippen molar-refractivity contribution in [2.45, 2.75) is 33.6 Å². The highest BCUT2D eigenvalue weighted by Crippen LogP contribution is 2.26. The first-order chi connectivity index (χ1) is 11.5. The Bertz CT molecular complexity index is 824. The van der Waals surface area contributed by atoms with Crippen LogP contribution >= 0.6 is 11.6 Å². The number of halogens is 1. The van der Waals surface area contributed by atoms with E-state index >= 15 is 0 Å². The highest BCUT2D eigenvalue weighted by molar-refractivity contribution is 6.31. The minimum absolute atomic E-state index is 0.563. The van der Waals surface area contributed by atoms with Crippen LogP contribution in [0.15, 0.2) is 42.3 Å². The molecule has 0 fully saturated rings. The summed E-state index contributed by atoms with van der Waals surface area (Å²) in [4.78, 5) is 9.00. The lowest BCUT2D eigenvalue weighted by Crippen LogP contribution is -2.06. The van der Waals surface area contributed by atoms with Gasteiger partial charge in [0.15, 0.2) is 0 Å². The largest absolute Gasteiger partial charge is 0.340 e. The summed E-state index contributed by atoms with van der Waals surface area (Å²) < 4.78 is 0. The zero-order valence-corrected chi connectivity index (χ0v) is 14.9. The van der Waals surface area contributed by atoms with E-state index in [9.17, 15) is 0 Å². The predicted molar refractivity (Wildman–Crippen MR) is 101 cm³/mol. The molecule has 124 valence electrons. The monoisotopic (exact) mass is 340 g/mol. The van der Waals surface area contributed by atoms with Gasteiger partial charge in [0, 0.05) is 28.2 Å². The molecule has 1 aromatic carbocycles. The third-order valence-corrected chi connectivity index (χ3v) is 4.39. The van der Waals surface area contributed by atoms with Crippen LogP contribution in [0.25, 0.3) is 0 Å². The maximum atomic E-state index is 6.16. The van der Waals surface area contributed by atoms with Crippen molar-refractivity contribution in [2.75, 3.05) is 10.6 Å². The molecule has 2 aromatic rings. The van der Waals surface area contributed by atoms with Gasteiger partial charge < -0.3 is 10.6 Å². The van der Waals surface area contributed by atoms with Gasteiger partial charge in [0.2, 0.25) is 5.95 Å². The third kappa shape index (κ3) is 3.77. The summed E-state index contributed by atoms with van der Waals surface area (Å²) in [5, 5.41) is 7.42. The fraction of sp³-hybridized carbons (Fsp3) is 0.263. The first-order valence-corrected chi connectivity index (χ1v) is 8.42. The Morgan fingerprint density at radius 2 is 1.83 bits per heavy atom. The number of aromatic nitrogens is 2. The standard InChI is InChI=1S/C19H21ClN4/c1-12-10-17(13(2)9-16(12)20)23-19-21-11-14(3)18(24-19)22-15-7-5-4-6-8-15/h5,7-11H,4,6H2,1-3H3,(H2,21,22,23,24). The van der Waals surface area contributed by atoms with Crippen LogP contribution in [0, 0.1) is 20.8 Å². The van der Waals surface area contributed by atoms with Gasteiger partial charge in [-0.25, -0.2) is 4.98 Å². The summed E-state index contributed by atoms with van der Waals surface area (Å²) in [6, 6.07) is 3.96. The number of benzene rings is 1. The van der Waals surface area contributed by atoms with Crippen molar-refractivity contribution >= 4 is 29.1 Å². The van der Waals surface area contributed by atoms with Crippen LogP contribution in [0.2, 0.25) is 5.02 Å². The summed E-state index contributed by atoms with van der Waals surface area (Å²) in [6.45, 7) is 5.99. The van der Waals surface area contributed by atoms with E-state index in [0.717, 1.165) is 51.8 Å². The minimum atomic E-state index is 0.563. The second-order valence-electron chi connectivity index (χ2n) is 6.03. The van der Waals surface area contributed by atoms with Crippen molar-refractivity contribution in [3.05, 3.63) is 64.0 Å². The zero-order chi connectivity index (χ0) is 17.1. The maximum Gasteiger partial charge on any atom is 0.229 e. The van der Waals surface area contributed by atoms with Gasteiger partial charge in [-0.2, -0.15) is 4.98 Å². The van der Waals surface area contributed by atoms with E-state index in [1.807, 2.05) is 39.1 Å². The van der Waals surface area contributed by atoms with E-state index < -0.39 is 0 Å². The number of anilines is 3. The number of hydrogen-bond acceptors (Lipinski definition) is 4. The maximum absolute atomic E-state index is 6.16. The summed E-state index contributed by atoms with van der Waals surface area (Å²) in [7, 11) is 0. The number of nitrogens with zero attached hydrogens (tertiary/aromatic N) is 2. The Labute approximate surface area is 147 Å². The molecular formula is C19H21ClN4. The van der Waals surface area contributed by atoms with Crippen molar-refractivity contribution < 1.29 is 0 Å². The van der Waals surface area contributed by atoms with Gasteiger partial charge in [-0.15, -0.1) is 0 Å². The average molecular weight is 341 g/mol. The predicted octanol–water partition coefficient (Wildman–Crippen LogP) is 5.44. The van der Waals surface area contributed by atoms with Gasteiger partial charge in [0.05, 0.1) is 0 Å². The summed E-state index contributed by atoms with van der Waals surface area (Å²) in [5.74, 6) is 1.38. The molecule has 1 heterocycles. The number of rotatable bonds is 4. The summed E-state index contributed by atoms with van der Waals surface area (Å²) in [5.41, 5.74) is 5.12. The van der Waals surface area contributed by atoms with Crippen molar-refractivity contribution in [2.24, 2.45) is 0 Å². The molecule has 0 amide bonds. The molecule has 2 N–H and O–H groups in total. The number of nitrogens with one attached hydrogen (secondary N) is 2. The summed E-state index contributed by atoms with van der Waals surface area (Å²) >= 11 is 6.16. The molecule has 0 aliphatic heterocycles. The van der Waals surface area contributed by atoms with Crippen molar-refractivity contribution in [1.82, 2.24) is 9.97 Å². The molecule has 0 saturated heterocycles. The van der Waals surface area contributed by atoms with Gasteiger partial charge in [-0.1, -0.05) is 23.8 Å². The van der Waals surface area contributed by atoms with Gasteiger partial charge in [-0.05, 0) is 62.9 Å². The molecule has 0 radical (unpaired) electrons. The van der Waals surface area contributed by atoms with Gasteiger partial charge >= 0.3 is 0 Å². The molecule has 1 aliphatic carbocycles. The molecule has 1 aliphatic rings. The Balaban J connectivity index is 1.84. The Hall–Kier alpha value is -2.33. The van der Waals surface area contributed by atoms with Crippen LogP contribution in [0.3, 0.4) is 0 Å². The third-order valence-electron chi connectivity index (χ3n) is 3.98. The van der Waals surface area contributed by atoms with E-state index in [-0.39, 0.29) is 0 Å². The van der Waals surface area contributed by atoms with Gasteiger partial charge in [0.25, 0.3) is 0 Å². The minimum Gasteiger partial charge on any atom is -0.340 e. The number of allylic oxidation sites excluding steroid dienone is 3. The van der Waals surface area contributed by atoms with Crippen molar-refractivity contribution in [1.29, 1.82) is 0 Å². The molecule has 1 aromatic heterocycles. The van der Waals surface area contributed by atoms with Crippen LogP contribution in [0.4, 0.5) is 17.5 Å². The van der Waals surface area contributed by atoms with E-state index in [4.69, 9.17) is 11.6 Å². The lowest BCUT2D eigenvalue weighted by Gasteiger charge is -2.14. The summed E-state index contributed by atoms with van der Waals surface area (Å²) in [6.07, 6.45) is 10.4. The molecule has 5 heteroatoms. The van der Waals surface area contributed by atoms with Crippen LogP contribution in [0.5, 0.6) is 0 Å². The Kier molecular flexibility index (Phi) is 4.86. The first-order valence-electron chi connectivity index (χ1n) is 8.04. The second kappa shape index (κ2) is 7.05. The lowest BCUT2D eigenvalue weighted by molar-refractivity contribution is 1.01. The SMILES string of the molecule is Cc1cc(Nc2ncc(C)c(NC3=CCCC=C3)n2)c(C)cc1Cl. The topological polar surface area (TPSA) is 49.8 Å². The van der Waals surface area contributed by atoms with Crippen molar-refractivity contribution in [3.63, 3.8) is 0 Å². The van der Waals surface area contributed by atoms with Crippen LogP contribution < -0.4 is 10.6 Å². The quantitative estimate of drug-likeness (QED) is 0.777. The van der Waals surface area contributed by atoms with E-state index in [1.54, 1.807) is 0 Å². The van der Waals surface area contributed by atoms with Gasteiger partial charge in [-0.3, -0.25) is 0 Å². The normalized spacial score (nSPS) is 13.6. The molecule has 24 heavy (non-hydrogen) atoms. The smallest absolute Gasteiger partial charge is 0.229 e. The van der Waals surface area contributed by atoms with Crippen LogP contribution in [0.1, 0.15) is 29.5 Å². The van der Waals surface area contributed by atoms with Gasteiger partial charge in [0.1, 0.15) is 5.82 Å². The average Bonchev–Trinajstić information content (AvgIpc) is 2.56. The molecular weight excluding hydrogens is 320 g/mol. The number of aryl methyl sites for hydroxylation is 3. The molecule has 3 rings (SSSR count). The highest BCUT2D eigenvalue weighted by atomic mass is 35.5. The fourth-order valence-electron chi connectivity index (χ4n) is 2.51. The Morgan fingerprint density at radius 1 is 1.00 bits per heavy atom. The molecule has 0 unspecified atom stereocenters. The molecule has 0 bridgehead atoms. The lowest BCUT2D eigenvalue weighted by atomic mass is 10.1. The fourth-order valence-corrected chi connectivity index (χ4v) is 2.73. The zero-order valence-electron chi connectivity index (χ0n) is 14.2. The highest BCUT2D eigenvalue weighted by Gasteiger charge is 2.08. The molecule has 0 spiro atoms. The van der Waals surface area contributed by atoms with Crippen molar-refractivity contribution in [3.8, 4) is 0 Å².